The number of aliphatic carboxylic acids is 1. The summed E-state index contributed by atoms with van der Waals surface area (Å²) >= 11 is 0. The lowest BCUT2D eigenvalue weighted by atomic mass is 9.77. The molecule has 2 aliphatic rings. The molecule has 1 aliphatic heterocycles. The first-order valence-corrected chi connectivity index (χ1v) is 42.6. The molecule has 125 heavy (non-hydrogen) atoms. The largest absolute Gasteiger partial charge is 0.487 e. The van der Waals surface area contributed by atoms with E-state index in [0.717, 1.165) is 12.2 Å². The second-order valence-corrected chi connectivity index (χ2v) is 28.4. The van der Waals surface area contributed by atoms with Crippen LogP contribution in [0.5, 0.6) is 11.5 Å². The molecule has 1 aliphatic carbocycles. The van der Waals surface area contributed by atoms with Gasteiger partial charge in [0.2, 0.25) is 11.7 Å². The molecular formula is C86H137NO38. The van der Waals surface area contributed by atoms with Crippen LogP contribution in [-0.2, 0) is 178 Å². The van der Waals surface area contributed by atoms with E-state index >= 15 is 0 Å². The molecule has 1 heterocycles. The standard InChI is InChI=1S/C86H137NO38/c1-64(2)70(84(96)87-85(97)75(92)60-66-6-8-69(63-124-65(3)88)68(58-66)9-13-77-80(93)81(94)82(95)83(125-77)86(98)99)62-74(91)71(79-72(89)10-11-73(79)90)59-67-7-12-76(122-56-54-120-52-50-118-48-46-116-44-42-114-40-38-112-36-34-110-32-30-108-28-26-106-24-22-104-20-18-102-16-14-100-4)78(61-67)123-57-55-121-53-51-119-49-47-117-45-43-115-41-39-113-37-35-111-33-31-109-29-27-107-25-23-105-21-19-103-17-15-101-5/h6-8,10-12,58,61,64,70-71,77,79-83,93-95H,9,13-57,59-60,62-63H2,1-5H3,(H,98,99)(H,87,96,97)/t70-,71?,77?,80?,81?,82?,83?/m0/s1. The number of Topliss-reactive ketones (excluding diaryl/α,β-unsaturated/α-hetero) is 2. The molecule has 0 saturated carbocycles. The van der Waals surface area contributed by atoms with Crippen molar-refractivity contribution < 1.29 is 182 Å². The van der Waals surface area contributed by atoms with Gasteiger partial charge in [0.1, 0.15) is 43.9 Å². The van der Waals surface area contributed by atoms with Crippen LogP contribution < -0.4 is 14.8 Å². The number of carboxylic acid groups (broad SMARTS) is 1. The van der Waals surface area contributed by atoms with Crippen molar-refractivity contribution in [3.8, 4) is 11.5 Å². The van der Waals surface area contributed by atoms with Crippen LogP contribution in [-0.4, -0.2) is 403 Å². The summed E-state index contributed by atoms with van der Waals surface area (Å²) in [6.45, 7) is 21.5. The summed E-state index contributed by atoms with van der Waals surface area (Å²) in [5.74, 6) is -11.4. The maximum Gasteiger partial charge on any atom is 0.335 e. The Labute approximate surface area is 732 Å². The predicted molar refractivity (Wildman–Crippen MR) is 442 cm³/mol. The average molecular weight is 1790 g/mol. The van der Waals surface area contributed by atoms with Gasteiger partial charge in [0.05, 0.1) is 290 Å². The Balaban J connectivity index is 1.21. The number of amides is 2. The Morgan fingerprint density at radius 2 is 0.760 bits per heavy atom. The lowest BCUT2D eigenvalue weighted by Gasteiger charge is -2.39. The van der Waals surface area contributed by atoms with E-state index in [1.807, 2.05) is 0 Å². The molecule has 2 amide bonds. The van der Waals surface area contributed by atoms with Crippen molar-refractivity contribution in [3.05, 3.63) is 70.8 Å². The van der Waals surface area contributed by atoms with Gasteiger partial charge in [-0.3, -0.25) is 38.9 Å². The third-order valence-electron chi connectivity index (χ3n) is 18.6. The number of aliphatic hydroxyl groups excluding tert-OH is 3. The van der Waals surface area contributed by atoms with E-state index in [1.165, 1.54) is 25.1 Å². The van der Waals surface area contributed by atoms with Crippen LogP contribution in [0.25, 0.3) is 0 Å². The Bertz CT molecular complexity index is 3200. The van der Waals surface area contributed by atoms with Crippen LogP contribution in [0.1, 0.15) is 55.9 Å². The number of imide groups is 1. The summed E-state index contributed by atoms with van der Waals surface area (Å²) in [6, 6.07) is 9.42. The van der Waals surface area contributed by atoms with E-state index < -0.39 is 114 Å². The highest BCUT2D eigenvalue weighted by molar-refractivity contribution is 6.39. The van der Waals surface area contributed by atoms with Crippen molar-refractivity contribution in [1.29, 1.82) is 0 Å². The van der Waals surface area contributed by atoms with Gasteiger partial charge in [-0.25, -0.2) is 4.79 Å². The molecule has 0 radical (unpaired) electrons. The number of benzene rings is 2. The first kappa shape index (κ1) is 111. The zero-order valence-electron chi connectivity index (χ0n) is 73.3. The summed E-state index contributed by atoms with van der Waals surface area (Å²) in [5.41, 5.74) is 1.60. The van der Waals surface area contributed by atoms with Gasteiger partial charge in [0, 0.05) is 45.8 Å². The van der Waals surface area contributed by atoms with Gasteiger partial charge < -0.3 is 144 Å². The van der Waals surface area contributed by atoms with E-state index in [-0.39, 0.29) is 90.0 Å². The lowest BCUT2D eigenvalue weighted by molar-refractivity contribution is -0.228. The monoisotopic (exact) mass is 1790 g/mol. The number of methoxy groups -OCH3 is 2. The van der Waals surface area contributed by atoms with Crippen molar-refractivity contribution >= 4 is 46.9 Å². The van der Waals surface area contributed by atoms with Gasteiger partial charge in [0.25, 0.3) is 5.91 Å². The molecule has 0 spiro atoms. The van der Waals surface area contributed by atoms with Crippen LogP contribution in [0, 0.1) is 23.7 Å². The average Bonchev–Trinajstić information content (AvgIpc) is 1.79. The number of rotatable bonds is 85. The third-order valence-corrected chi connectivity index (χ3v) is 18.6. The maximum atomic E-state index is 14.7. The zero-order chi connectivity index (χ0) is 90.4. The van der Waals surface area contributed by atoms with Crippen LogP contribution >= 0.6 is 0 Å². The van der Waals surface area contributed by atoms with Crippen molar-refractivity contribution in [3.63, 3.8) is 0 Å². The second kappa shape index (κ2) is 73.3. The number of allylic oxidation sites excluding steroid dienone is 2. The smallest absolute Gasteiger partial charge is 0.335 e. The molecule has 39 heteroatoms. The third kappa shape index (κ3) is 52.7. The highest BCUT2D eigenvalue weighted by Gasteiger charge is 2.47. The normalized spacial score (nSPS) is 16.5. The lowest BCUT2D eigenvalue weighted by Crippen LogP contribution is -2.59. The number of esters is 1. The number of carbonyl (C=O) groups is 8. The van der Waals surface area contributed by atoms with Gasteiger partial charge in [-0.1, -0.05) is 38.1 Å². The van der Waals surface area contributed by atoms with E-state index in [2.05, 4.69) is 5.32 Å². The molecular weight excluding hydrogens is 1650 g/mol. The fraction of sp³-hybridized carbons (Fsp3) is 0.744. The topological polar surface area (TPSA) is 469 Å². The highest BCUT2D eigenvalue weighted by atomic mass is 16.6. The SMILES string of the molecule is COCCOCCOCCOCCOCCOCCOCCOCCOCCOCCOCCOc1ccc(CC(C(=O)C[C@H](C(=O)NC(=O)C(=O)Cc2ccc(COC(C)=O)c(CCC3OC(C(=O)O)C(O)C(O)C3O)c2)C(C)C)C2C(=O)C=CC2=O)cc1OCCOCCOCCOCCOCCOCCOCCOCCOCCOCCOCCOC. The van der Waals surface area contributed by atoms with Crippen molar-refractivity contribution in [2.24, 2.45) is 23.7 Å². The minimum absolute atomic E-state index is 0.00787. The Morgan fingerprint density at radius 1 is 0.416 bits per heavy atom. The van der Waals surface area contributed by atoms with E-state index in [1.54, 1.807) is 46.3 Å². The number of ether oxygens (including phenoxy) is 26. The van der Waals surface area contributed by atoms with Crippen LogP contribution in [0.2, 0.25) is 0 Å². The van der Waals surface area contributed by atoms with Gasteiger partial charge in [-0.2, -0.15) is 0 Å². The number of nitrogens with one attached hydrogen (secondary N) is 1. The number of aliphatic hydroxyl groups is 3. The summed E-state index contributed by atoms with van der Waals surface area (Å²) < 4.78 is 144. The van der Waals surface area contributed by atoms with E-state index in [9.17, 15) is 58.8 Å². The molecule has 6 unspecified atom stereocenters. The summed E-state index contributed by atoms with van der Waals surface area (Å²) in [5, 5.41) is 43.0. The van der Waals surface area contributed by atoms with Crippen molar-refractivity contribution in [1.82, 2.24) is 5.32 Å². The second-order valence-electron chi connectivity index (χ2n) is 28.4. The number of hydrogen-bond acceptors (Lipinski definition) is 37. The zero-order valence-corrected chi connectivity index (χ0v) is 73.3. The minimum atomic E-state index is -1.91. The molecule has 4 rings (SSSR count). The Morgan fingerprint density at radius 3 is 1.10 bits per heavy atom. The number of carbonyl (C=O) groups excluding carboxylic acids is 7. The fourth-order valence-corrected chi connectivity index (χ4v) is 11.9. The first-order valence-electron chi connectivity index (χ1n) is 42.6. The molecule has 39 nitrogen and oxygen atoms in total. The molecule has 7 atom stereocenters. The number of aryl methyl sites for hydroxylation is 1. The number of ketones is 4. The van der Waals surface area contributed by atoms with Crippen molar-refractivity contribution in [2.75, 3.05) is 305 Å². The fourth-order valence-electron chi connectivity index (χ4n) is 11.9. The maximum absolute atomic E-state index is 14.7. The summed E-state index contributed by atoms with van der Waals surface area (Å²) in [6.07, 6.45) is -7.72. The highest BCUT2D eigenvalue weighted by Crippen LogP contribution is 2.34. The molecule has 0 aromatic heterocycles. The van der Waals surface area contributed by atoms with Gasteiger partial charge in [-0.15, -0.1) is 0 Å². The number of carboxylic acids is 1. The van der Waals surface area contributed by atoms with Crippen molar-refractivity contribution in [2.45, 2.75) is 90.0 Å². The van der Waals surface area contributed by atoms with Crippen LogP contribution in [0.3, 0.4) is 0 Å². The Hall–Kier alpha value is -6.50. The Kier molecular flexibility index (Phi) is 65.0. The first-order chi connectivity index (χ1) is 60.9. The summed E-state index contributed by atoms with van der Waals surface area (Å²) in [4.78, 5) is 106. The summed E-state index contributed by atoms with van der Waals surface area (Å²) in [7, 11) is 3.25. The molecule has 1 fully saturated rings. The van der Waals surface area contributed by atoms with Gasteiger partial charge in [-0.05, 0) is 71.7 Å². The molecule has 2 aromatic carbocycles. The molecule has 714 valence electrons. The van der Waals surface area contributed by atoms with Gasteiger partial charge >= 0.3 is 11.9 Å². The minimum Gasteiger partial charge on any atom is -0.487 e. The molecule has 0 bridgehead atoms. The van der Waals surface area contributed by atoms with E-state index in [0.29, 0.717) is 260 Å². The van der Waals surface area contributed by atoms with Crippen LogP contribution in [0.15, 0.2) is 48.6 Å². The molecule has 2 aromatic rings. The number of hydrogen-bond donors (Lipinski definition) is 5. The van der Waals surface area contributed by atoms with E-state index in [4.69, 9.17) is 123 Å². The molecule has 5 N–H and O–H groups in total. The van der Waals surface area contributed by atoms with Crippen LogP contribution in [0.4, 0.5) is 0 Å². The molecule has 1 saturated heterocycles. The van der Waals surface area contributed by atoms with Gasteiger partial charge in [0.15, 0.2) is 29.2 Å². The quantitative estimate of drug-likeness (QED) is 0.0268. The predicted octanol–water partition coefficient (Wildman–Crippen LogP) is 1.17.